The van der Waals surface area contributed by atoms with Crippen molar-refractivity contribution in [1.29, 1.82) is 0 Å². The van der Waals surface area contributed by atoms with Gasteiger partial charge in [0.25, 0.3) is 0 Å². The largest absolute Gasteiger partial charge is 0.395 e. The van der Waals surface area contributed by atoms with E-state index < -0.39 is 0 Å². The zero-order valence-corrected chi connectivity index (χ0v) is 10.2. The Morgan fingerprint density at radius 3 is 2.69 bits per heavy atom. The summed E-state index contributed by atoms with van der Waals surface area (Å²) in [4.78, 5) is 2.20. The van der Waals surface area contributed by atoms with Crippen molar-refractivity contribution in [2.45, 2.75) is 19.9 Å². The topological polar surface area (TPSA) is 49.5 Å². The molecule has 16 heavy (non-hydrogen) atoms. The monoisotopic (exact) mass is 222 g/mol. The van der Waals surface area contributed by atoms with Gasteiger partial charge in [-0.25, -0.2) is 0 Å². The molecule has 1 atom stereocenters. The molecular weight excluding hydrogens is 200 g/mol. The van der Waals surface area contributed by atoms with Gasteiger partial charge in [-0.15, -0.1) is 0 Å². The van der Waals surface area contributed by atoms with Crippen LogP contribution in [0.1, 0.15) is 24.1 Å². The third kappa shape index (κ3) is 3.30. The molecule has 0 saturated heterocycles. The van der Waals surface area contributed by atoms with Crippen LogP contribution in [0.5, 0.6) is 0 Å². The number of aliphatic hydroxyl groups excluding tert-OH is 1. The SMILES string of the molecule is CCN(CCO)C(CN)c1cccc(C)c1. The van der Waals surface area contributed by atoms with Crippen LogP contribution in [-0.2, 0) is 0 Å². The average molecular weight is 222 g/mol. The molecule has 1 aromatic rings. The number of benzene rings is 1. The lowest BCUT2D eigenvalue weighted by atomic mass is 10.0. The van der Waals surface area contributed by atoms with Gasteiger partial charge in [0.2, 0.25) is 0 Å². The van der Waals surface area contributed by atoms with Crippen LogP contribution in [0.25, 0.3) is 0 Å². The number of nitrogens with zero attached hydrogens (tertiary/aromatic N) is 1. The van der Waals surface area contributed by atoms with E-state index in [1.54, 1.807) is 0 Å². The summed E-state index contributed by atoms with van der Waals surface area (Å²) in [7, 11) is 0. The molecule has 3 N–H and O–H groups in total. The minimum absolute atomic E-state index is 0.177. The highest BCUT2D eigenvalue weighted by molar-refractivity contribution is 5.25. The van der Waals surface area contributed by atoms with E-state index >= 15 is 0 Å². The highest BCUT2D eigenvalue weighted by Crippen LogP contribution is 2.19. The molecule has 0 amide bonds. The number of hydrogen-bond donors (Lipinski definition) is 2. The predicted molar refractivity (Wildman–Crippen MR) is 67.3 cm³/mol. The lowest BCUT2D eigenvalue weighted by Gasteiger charge is -2.29. The van der Waals surface area contributed by atoms with Gasteiger partial charge in [0.05, 0.1) is 6.61 Å². The fourth-order valence-corrected chi connectivity index (χ4v) is 2.04. The van der Waals surface area contributed by atoms with Crippen LogP contribution in [0.3, 0.4) is 0 Å². The molecule has 1 unspecified atom stereocenters. The molecule has 0 aromatic heterocycles. The molecular formula is C13H22N2O. The first-order chi connectivity index (χ1) is 7.72. The number of likely N-dealkylation sites (N-methyl/N-ethyl adjacent to an activating group) is 1. The van der Waals surface area contributed by atoms with Crippen molar-refractivity contribution in [2.24, 2.45) is 5.73 Å². The molecule has 0 aliphatic carbocycles. The molecule has 1 rings (SSSR count). The van der Waals surface area contributed by atoms with E-state index in [1.807, 2.05) is 0 Å². The van der Waals surface area contributed by atoms with Crippen molar-refractivity contribution in [2.75, 3.05) is 26.2 Å². The summed E-state index contributed by atoms with van der Waals surface area (Å²) in [6.45, 7) is 6.50. The molecule has 0 saturated carbocycles. The van der Waals surface area contributed by atoms with Crippen LogP contribution in [0.2, 0.25) is 0 Å². The van der Waals surface area contributed by atoms with E-state index in [2.05, 4.69) is 43.0 Å². The van der Waals surface area contributed by atoms with Gasteiger partial charge in [-0.3, -0.25) is 4.90 Å². The highest BCUT2D eigenvalue weighted by Gasteiger charge is 2.16. The van der Waals surface area contributed by atoms with Crippen LogP contribution in [-0.4, -0.2) is 36.2 Å². The second-order valence-electron chi connectivity index (χ2n) is 4.02. The number of rotatable bonds is 6. The van der Waals surface area contributed by atoms with Crippen molar-refractivity contribution >= 4 is 0 Å². The zero-order chi connectivity index (χ0) is 12.0. The van der Waals surface area contributed by atoms with Gasteiger partial charge in [-0.2, -0.15) is 0 Å². The van der Waals surface area contributed by atoms with Gasteiger partial charge in [-0.1, -0.05) is 36.8 Å². The second-order valence-corrected chi connectivity index (χ2v) is 4.02. The van der Waals surface area contributed by atoms with Gasteiger partial charge >= 0.3 is 0 Å². The first-order valence-corrected chi connectivity index (χ1v) is 5.84. The average Bonchev–Trinajstić information content (AvgIpc) is 2.29. The van der Waals surface area contributed by atoms with Crippen molar-refractivity contribution in [3.8, 4) is 0 Å². The van der Waals surface area contributed by atoms with Crippen LogP contribution in [0, 0.1) is 6.92 Å². The first kappa shape index (κ1) is 13.2. The summed E-state index contributed by atoms with van der Waals surface area (Å²) in [6, 6.07) is 8.61. The fourth-order valence-electron chi connectivity index (χ4n) is 2.04. The Balaban J connectivity index is 2.87. The van der Waals surface area contributed by atoms with Gasteiger partial charge in [0.1, 0.15) is 0 Å². The summed E-state index contributed by atoms with van der Waals surface area (Å²) in [5.41, 5.74) is 8.32. The third-order valence-electron chi connectivity index (χ3n) is 2.88. The molecule has 3 heteroatoms. The fraction of sp³-hybridized carbons (Fsp3) is 0.538. The molecule has 0 aliphatic heterocycles. The predicted octanol–water partition coefficient (Wildman–Crippen LogP) is 1.31. The molecule has 0 fully saturated rings. The molecule has 0 radical (unpaired) electrons. The summed E-state index contributed by atoms with van der Waals surface area (Å²) in [6.07, 6.45) is 0. The summed E-state index contributed by atoms with van der Waals surface area (Å²) in [5, 5.41) is 9.03. The van der Waals surface area contributed by atoms with Crippen molar-refractivity contribution in [3.63, 3.8) is 0 Å². The van der Waals surface area contributed by atoms with E-state index in [9.17, 15) is 0 Å². The number of aryl methyl sites for hydroxylation is 1. The van der Waals surface area contributed by atoms with Crippen LogP contribution in [0.15, 0.2) is 24.3 Å². The lowest BCUT2D eigenvalue weighted by Crippen LogP contribution is -2.35. The van der Waals surface area contributed by atoms with Crippen LogP contribution >= 0.6 is 0 Å². The van der Waals surface area contributed by atoms with Crippen LogP contribution in [0.4, 0.5) is 0 Å². The number of aliphatic hydroxyl groups is 1. The molecule has 1 aromatic carbocycles. The van der Waals surface area contributed by atoms with Crippen LogP contribution < -0.4 is 5.73 Å². The third-order valence-corrected chi connectivity index (χ3v) is 2.88. The van der Waals surface area contributed by atoms with Gasteiger partial charge in [0, 0.05) is 19.1 Å². The van der Waals surface area contributed by atoms with E-state index in [0.717, 1.165) is 6.54 Å². The Labute approximate surface area is 97.9 Å². The molecule has 90 valence electrons. The zero-order valence-electron chi connectivity index (χ0n) is 10.2. The minimum atomic E-state index is 0.177. The summed E-state index contributed by atoms with van der Waals surface area (Å²) in [5.74, 6) is 0. The van der Waals surface area contributed by atoms with E-state index in [-0.39, 0.29) is 12.6 Å². The Bertz CT molecular complexity index is 315. The maximum absolute atomic E-state index is 9.03. The Kier molecular flexibility index (Phi) is 5.46. The Morgan fingerprint density at radius 2 is 2.19 bits per heavy atom. The van der Waals surface area contributed by atoms with Gasteiger partial charge in [-0.05, 0) is 19.0 Å². The normalized spacial score (nSPS) is 13.1. The smallest absolute Gasteiger partial charge is 0.0558 e. The number of hydrogen-bond acceptors (Lipinski definition) is 3. The summed E-state index contributed by atoms with van der Waals surface area (Å²) >= 11 is 0. The molecule has 0 heterocycles. The van der Waals surface area contributed by atoms with Crippen molar-refractivity contribution in [3.05, 3.63) is 35.4 Å². The van der Waals surface area contributed by atoms with E-state index in [1.165, 1.54) is 11.1 Å². The first-order valence-electron chi connectivity index (χ1n) is 5.84. The standard InChI is InChI=1S/C13H22N2O/c1-3-15(7-8-16)13(10-14)12-6-4-5-11(2)9-12/h4-6,9,13,16H,3,7-8,10,14H2,1-2H3. The maximum atomic E-state index is 9.03. The highest BCUT2D eigenvalue weighted by atomic mass is 16.3. The lowest BCUT2D eigenvalue weighted by molar-refractivity contribution is 0.160. The van der Waals surface area contributed by atoms with Crippen molar-refractivity contribution in [1.82, 2.24) is 4.90 Å². The second kappa shape index (κ2) is 6.63. The van der Waals surface area contributed by atoms with E-state index in [4.69, 9.17) is 10.8 Å². The summed E-state index contributed by atoms with van der Waals surface area (Å²) < 4.78 is 0. The maximum Gasteiger partial charge on any atom is 0.0558 e. The van der Waals surface area contributed by atoms with Gasteiger partial charge in [0.15, 0.2) is 0 Å². The molecule has 0 aliphatic rings. The minimum Gasteiger partial charge on any atom is -0.395 e. The van der Waals surface area contributed by atoms with Crippen molar-refractivity contribution < 1.29 is 5.11 Å². The Hall–Kier alpha value is -0.900. The van der Waals surface area contributed by atoms with E-state index in [0.29, 0.717) is 13.1 Å². The Morgan fingerprint density at radius 1 is 1.44 bits per heavy atom. The molecule has 0 bridgehead atoms. The molecule has 3 nitrogen and oxygen atoms in total. The quantitative estimate of drug-likeness (QED) is 0.763. The number of nitrogens with two attached hydrogens (primary N) is 1. The molecule has 0 spiro atoms. The van der Waals surface area contributed by atoms with Gasteiger partial charge < -0.3 is 10.8 Å².